The number of para-hydroxylation sites is 1. The van der Waals surface area contributed by atoms with Crippen LogP contribution in [0.3, 0.4) is 0 Å². The minimum Gasteiger partial charge on any atom is -0.356 e. The molecular weight excluding hydrogens is 481 g/mol. The predicted octanol–water partition coefficient (Wildman–Crippen LogP) is 4.03. The zero-order valence-corrected chi connectivity index (χ0v) is 19.8. The van der Waals surface area contributed by atoms with Crippen molar-refractivity contribution in [3.8, 4) is 0 Å². The summed E-state index contributed by atoms with van der Waals surface area (Å²) in [5.41, 5.74) is 1.12. The van der Waals surface area contributed by atoms with Crippen LogP contribution in [-0.4, -0.2) is 54.6 Å². The number of halogens is 1. The van der Waals surface area contributed by atoms with E-state index in [-0.39, 0.29) is 24.0 Å². The smallest absolute Gasteiger partial charge is 0.191 e. The first-order valence-corrected chi connectivity index (χ1v) is 11.2. The van der Waals surface area contributed by atoms with Gasteiger partial charge in [0.25, 0.3) is 0 Å². The molecule has 1 atom stereocenters. The topological polar surface area (TPSA) is 52.6 Å². The molecule has 1 aliphatic heterocycles. The van der Waals surface area contributed by atoms with E-state index < -0.39 is 0 Å². The van der Waals surface area contributed by atoms with E-state index in [4.69, 9.17) is 4.98 Å². The number of hydrogen-bond donors (Lipinski definition) is 2. The van der Waals surface area contributed by atoms with Gasteiger partial charge in [0, 0.05) is 45.2 Å². The van der Waals surface area contributed by atoms with Crippen molar-refractivity contribution >= 4 is 51.5 Å². The Kier molecular flexibility index (Phi) is 8.35. The lowest BCUT2D eigenvalue weighted by molar-refractivity contribution is 0.242. The number of rotatable bonds is 6. The van der Waals surface area contributed by atoms with Crippen molar-refractivity contribution in [1.29, 1.82) is 0 Å². The number of thiazole rings is 1. The standard InChI is InChI=1S/C21H31N5S.HI/c1-22-21(24-16-12-14-26(15-16)17-7-2-3-8-17)23-13-6-11-20-25-18-9-4-5-10-19(18)27-20;/h4-5,9-10,16-17H,2-3,6-8,11-15H2,1H3,(H2,22,23,24);1H. The number of benzene rings is 1. The van der Waals surface area contributed by atoms with Crippen molar-refractivity contribution in [2.45, 2.75) is 57.0 Å². The zero-order valence-electron chi connectivity index (χ0n) is 16.7. The fourth-order valence-corrected chi connectivity index (χ4v) is 5.38. The lowest BCUT2D eigenvalue weighted by Crippen LogP contribution is -2.45. The fraction of sp³-hybridized carbons (Fsp3) is 0.619. The molecule has 2 aliphatic rings. The molecule has 154 valence electrons. The summed E-state index contributed by atoms with van der Waals surface area (Å²) in [5, 5.41) is 8.33. The van der Waals surface area contributed by atoms with E-state index in [1.54, 1.807) is 0 Å². The number of aromatic nitrogens is 1. The van der Waals surface area contributed by atoms with Gasteiger partial charge in [0.15, 0.2) is 5.96 Å². The second kappa shape index (κ2) is 10.7. The van der Waals surface area contributed by atoms with Crippen LogP contribution in [-0.2, 0) is 6.42 Å². The van der Waals surface area contributed by atoms with Crippen LogP contribution in [0.1, 0.15) is 43.5 Å². The summed E-state index contributed by atoms with van der Waals surface area (Å²) in [6.45, 7) is 3.32. The number of nitrogens with zero attached hydrogens (tertiary/aromatic N) is 3. The first kappa shape index (κ1) is 21.8. The maximum absolute atomic E-state index is 4.72. The highest BCUT2D eigenvalue weighted by Gasteiger charge is 2.30. The summed E-state index contributed by atoms with van der Waals surface area (Å²) in [6.07, 6.45) is 8.93. The molecule has 2 aromatic rings. The Bertz CT molecular complexity index is 738. The average molecular weight is 513 g/mol. The van der Waals surface area contributed by atoms with Crippen molar-refractivity contribution in [2.75, 3.05) is 26.7 Å². The van der Waals surface area contributed by atoms with E-state index in [1.807, 2.05) is 18.4 Å². The maximum Gasteiger partial charge on any atom is 0.191 e. The molecule has 1 aromatic carbocycles. The third-order valence-electron chi connectivity index (χ3n) is 5.82. The molecule has 4 rings (SSSR count). The lowest BCUT2D eigenvalue weighted by atomic mass is 10.2. The fourth-order valence-electron chi connectivity index (χ4n) is 4.37. The molecule has 0 bridgehead atoms. The summed E-state index contributed by atoms with van der Waals surface area (Å²) in [4.78, 5) is 11.8. The van der Waals surface area contributed by atoms with Crippen molar-refractivity contribution in [3.05, 3.63) is 29.3 Å². The molecule has 0 amide bonds. The van der Waals surface area contributed by atoms with Gasteiger partial charge in [-0.3, -0.25) is 9.89 Å². The van der Waals surface area contributed by atoms with Crippen LogP contribution in [0.5, 0.6) is 0 Å². The summed E-state index contributed by atoms with van der Waals surface area (Å²) in [7, 11) is 1.87. The molecule has 1 saturated carbocycles. The number of likely N-dealkylation sites (tertiary alicyclic amines) is 1. The Morgan fingerprint density at radius 3 is 2.86 bits per heavy atom. The molecule has 1 aliphatic carbocycles. The molecule has 1 unspecified atom stereocenters. The molecule has 1 saturated heterocycles. The van der Waals surface area contributed by atoms with Gasteiger partial charge in [-0.05, 0) is 37.8 Å². The Morgan fingerprint density at radius 2 is 2.07 bits per heavy atom. The van der Waals surface area contributed by atoms with Gasteiger partial charge in [-0.2, -0.15) is 0 Å². The van der Waals surface area contributed by atoms with Crippen molar-refractivity contribution in [1.82, 2.24) is 20.5 Å². The predicted molar refractivity (Wildman–Crippen MR) is 130 cm³/mol. The molecule has 1 aromatic heterocycles. The van der Waals surface area contributed by atoms with E-state index >= 15 is 0 Å². The summed E-state index contributed by atoms with van der Waals surface area (Å²) >= 11 is 1.81. The van der Waals surface area contributed by atoms with Gasteiger partial charge in [-0.15, -0.1) is 35.3 Å². The molecule has 5 nitrogen and oxygen atoms in total. The second-order valence-corrected chi connectivity index (χ2v) is 8.86. The normalized spacial score (nSPS) is 21.2. The third-order valence-corrected chi connectivity index (χ3v) is 6.92. The number of aliphatic imine (C=N–C) groups is 1. The minimum atomic E-state index is 0. The highest BCUT2D eigenvalue weighted by Crippen LogP contribution is 2.26. The summed E-state index contributed by atoms with van der Waals surface area (Å²) < 4.78 is 1.28. The van der Waals surface area contributed by atoms with Crippen LogP contribution in [0, 0.1) is 0 Å². The average Bonchev–Trinajstić information content (AvgIpc) is 3.44. The van der Waals surface area contributed by atoms with Crippen LogP contribution < -0.4 is 10.6 Å². The first-order chi connectivity index (χ1) is 13.3. The maximum atomic E-state index is 4.72. The highest BCUT2D eigenvalue weighted by atomic mass is 127. The van der Waals surface area contributed by atoms with E-state index in [0.29, 0.717) is 6.04 Å². The number of nitrogens with one attached hydrogen (secondary N) is 2. The molecule has 7 heteroatoms. The van der Waals surface area contributed by atoms with Gasteiger partial charge >= 0.3 is 0 Å². The van der Waals surface area contributed by atoms with Crippen LogP contribution in [0.4, 0.5) is 0 Å². The summed E-state index contributed by atoms with van der Waals surface area (Å²) in [6, 6.07) is 9.74. The quantitative estimate of drug-likeness (QED) is 0.265. The SMILES string of the molecule is CN=C(NCCCc1nc2ccccc2s1)NC1CCN(C2CCCC2)C1.I. The summed E-state index contributed by atoms with van der Waals surface area (Å²) in [5.74, 6) is 0.942. The number of fused-ring (bicyclic) bond motifs is 1. The number of guanidine groups is 1. The van der Waals surface area contributed by atoms with Gasteiger partial charge in [-0.25, -0.2) is 4.98 Å². The minimum absolute atomic E-state index is 0. The van der Waals surface area contributed by atoms with E-state index in [1.165, 1.54) is 48.4 Å². The number of aryl methyl sites for hydroxylation is 1. The molecule has 2 heterocycles. The molecule has 28 heavy (non-hydrogen) atoms. The van der Waals surface area contributed by atoms with Crippen LogP contribution in [0.15, 0.2) is 29.3 Å². The van der Waals surface area contributed by atoms with Crippen LogP contribution >= 0.6 is 35.3 Å². The molecule has 2 fully saturated rings. The third kappa shape index (κ3) is 5.57. The van der Waals surface area contributed by atoms with Gasteiger partial charge < -0.3 is 10.6 Å². The van der Waals surface area contributed by atoms with E-state index in [9.17, 15) is 0 Å². The Labute approximate surface area is 189 Å². The molecule has 0 spiro atoms. The highest BCUT2D eigenvalue weighted by molar-refractivity contribution is 14.0. The Balaban J connectivity index is 0.00000225. The van der Waals surface area contributed by atoms with Crippen molar-refractivity contribution in [2.24, 2.45) is 4.99 Å². The van der Waals surface area contributed by atoms with E-state index in [2.05, 4.69) is 44.8 Å². The van der Waals surface area contributed by atoms with E-state index in [0.717, 1.165) is 43.4 Å². The van der Waals surface area contributed by atoms with Crippen LogP contribution in [0.25, 0.3) is 10.2 Å². The Morgan fingerprint density at radius 1 is 1.25 bits per heavy atom. The largest absolute Gasteiger partial charge is 0.356 e. The van der Waals surface area contributed by atoms with Crippen LogP contribution in [0.2, 0.25) is 0 Å². The van der Waals surface area contributed by atoms with Gasteiger partial charge in [0.05, 0.1) is 15.2 Å². The second-order valence-electron chi connectivity index (χ2n) is 7.74. The van der Waals surface area contributed by atoms with Crippen molar-refractivity contribution in [3.63, 3.8) is 0 Å². The van der Waals surface area contributed by atoms with Gasteiger partial charge in [0.2, 0.25) is 0 Å². The number of hydrogen-bond acceptors (Lipinski definition) is 4. The zero-order chi connectivity index (χ0) is 18.5. The lowest BCUT2D eigenvalue weighted by Gasteiger charge is -2.24. The monoisotopic (exact) mass is 513 g/mol. The molecular formula is C21H32IN5S. The molecule has 0 radical (unpaired) electrons. The molecule has 2 N–H and O–H groups in total. The van der Waals surface area contributed by atoms with Crippen molar-refractivity contribution < 1.29 is 0 Å². The van der Waals surface area contributed by atoms with Gasteiger partial charge in [0.1, 0.15) is 0 Å². The first-order valence-electron chi connectivity index (χ1n) is 10.4. The van der Waals surface area contributed by atoms with Gasteiger partial charge in [-0.1, -0.05) is 25.0 Å². The Hall–Kier alpha value is -0.930.